The first kappa shape index (κ1) is 36.3. The molecular formula is C48H24N8O4. The molecule has 5 aliphatic rings. The highest BCUT2D eigenvalue weighted by Gasteiger charge is 2.34. The van der Waals surface area contributed by atoms with Crippen LogP contribution in [-0.4, -0.2) is 43.3 Å². The molecule has 4 aromatic carbocycles. The van der Waals surface area contributed by atoms with Crippen molar-refractivity contribution in [3.63, 3.8) is 0 Å². The van der Waals surface area contributed by atoms with Crippen LogP contribution in [0.4, 0.5) is 0 Å². The SMILES string of the molecule is N#Cc1cc(C2=CC3=CC4=NC(=CC5=NC(=CC6=NC(=C(c7ccc(O)c(C#N)c7)C2=N3)C(c2ccc(O)c(C#N)c2)=C6c2ccc(O)c(C#N)c2)C=C5)C=C4)ccc1O. The molecule has 12 nitrogen and oxygen atoms in total. The number of aliphatic imine (C=N–C) groups is 4. The number of fused-ring (bicyclic) bond motifs is 4. The van der Waals surface area contributed by atoms with Crippen molar-refractivity contribution < 1.29 is 20.4 Å². The number of benzene rings is 4. The number of aromatic hydroxyl groups is 4. The van der Waals surface area contributed by atoms with Crippen LogP contribution < -0.4 is 0 Å². The molecule has 60 heavy (non-hydrogen) atoms. The zero-order valence-electron chi connectivity index (χ0n) is 30.9. The molecule has 12 heteroatoms. The normalized spacial score (nSPS) is 16.1. The maximum Gasteiger partial charge on any atom is 0.133 e. The Bertz CT molecular complexity index is 3280. The van der Waals surface area contributed by atoms with Crippen LogP contribution in [0, 0.1) is 45.3 Å². The molecule has 9 rings (SSSR count). The Balaban J connectivity index is 1.48. The minimum absolute atomic E-state index is 0.0131. The smallest absolute Gasteiger partial charge is 0.133 e. The van der Waals surface area contributed by atoms with Gasteiger partial charge in [-0.15, -0.1) is 0 Å². The Labute approximate surface area is 341 Å². The standard InChI is InChI=1S/C48H24N8O4/c49-21-29-13-25(1-9-40(29)57)38-19-37-18-35-6-5-33(53-35)17-34-7-8-36(54-34)20-39-44(26-2-10-41(58)30(14-26)22-50)45(27-3-11-42(59)31(15-27)23-51)48(56-39)46(47(38)55-37)28-4-12-43(60)32(16-28)24-52/h1-20,57-60H. The lowest BCUT2D eigenvalue weighted by Crippen LogP contribution is -2.07. The van der Waals surface area contributed by atoms with Crippen molar-refractivity contribution in [2.24, 2.45) is 20.0 Å². The van der Waals surface area contributed by atoms with Gasteiger partial charge in [0.25, 0.3) is 0 Å². The predicted molar refractivity (Wildman–Crippen MR) is 225 cm³/mol. The monoisotopic (exact) mass is 776 g/mol. The van der Waals surface area contributed by atoms with Crippen molar-refractivity contribution in [1.29, 1.82) is 21.0 Å². The molecule has 0 fully saturated rings. The van der Waals surface area contributed by atoms with Gasteiger partial charge in [0.2, 0.25) is 0 Å². The molecule has 0 unspecified atom stereocenters. The van der Waals surface area contributed by atoms with Crippen molar-refractivity contribution in [2.75, 3.05) is 0 Å². The van der Waals surface area contributed by atoms with E-state index in [9.17, 15) is 41.5 Å². The van der Waals surface area contributed by atoms with Gasteiger partial charge in [0.05, 0.1) is 67.9 Å². The van der Waals surface area contributed by atoms with Gasteiger partial charge in [0.15, 0.2) is 0 Å². The summed E-state index contributed by atoms with van der Waals surface area (Å²) in [4.78, 5) is 20.1. The predicted octanol–water partition coefficient (Wildman–Crippen LogP) is 8.00. The zero-order valence-corrected chi connectivity index (χ0v) is 30.9. The Morgan fingerprint density at radius 2 is 0.833 bits per heavy atom. The van der Waals surface area contributed by atoms with E-state index in [-0.39, 0.29) is 50.9 Å². The van der Waals surface area contributed by atoms with E-state index in [2.05, 4.69) is 0 Å². The second-order valence-corrected chi connectivity index (χ2v) is 13.8. The van der Waals surface area contributed by atoms with E-state index in [0.29, 0.717) is 84.5 Å². The Morgan fingerprint density at radius 3 is 1.35 bits per heavy atom. The molecule has 5 heterocycles. The van der Waals surface area contributed by atoms with E-state index in [0.717, 1.165) is 0 Å². The molecule has 4 N–H and O–H groups in total. The molecule has 0 spiro atoms. The molecule has 5 aliphatic heterocycles. The molecule has 0 amide bonds. The number of nitrogens with zero attached hydrogens (tertiary/aromatic N) is 8. The fraction of sp³-hybridized carbons (Fsp3) is 0. The second kappa shape index (κ2) is 14.3. The third kappa shape index (κ3) is 6.27. The topological polar surface area (TPSA) is 226 Å². The van der Waals surface area contributed by atoms with E-state index in [1.54, 1.807) is 42.5 Å². The molecule has 8 bridgehead atoms. The van der Waals surface area contributed by atoms with Gasteiger partial charge in [0.1, 0.15) is 47.3 Å². The number of nitriles is 4. The van der Waals surface area contributed by atoms with Crippen molar-refractivity contribution in [2.45, 2.75) is 0 Å². The first-order valence-corrected chi connectivity index (χ1v) is 18.2. The summed E-state index contributed by atoms with van der Waals surface area (Å²) < 4.78 is 0. The van der Waals surface area contributed by atoms with E-state index in [1.165, 1.54) is 48.5 Å². The molecule has 0 aliphatic carbocycles. The van der Waals surface area contributed by atoms with Crippen molar-refractivity contribution in [3.05, 3.63) is 189 Å². The number of hydrogen-bond acceptors (Lipinski definition) is 12. The number of allylic oxidation sites excluding steroid dienone is 12. The second-order valence-electron chi connectivity index (χ2n) is 13.8. The molecule has 0 radical (unpaired) electrons. The van der Waals surface area contributed by atoms with Crippen LogP contribution in [-0.2, 0) is 0 Å². The summed E-state index contributed by atoms with van der Waals surface area (Å²) in [6.45, 7) is 0. The van der Waals surface area contributed by atoms with Crippen LogP contribution in [0.1, 0.15) is 44.5 Å². The summed E-state index contributed by atoms with van der Waals surface area (Å²) in [5.74, 6) is -0.974. The van der Waals surface area contributed by atoms with Crippen molar-refractivity contribution >= 4 is 45.1 Å². The van der Waals surface area contributed by atoms with Crippen LogP contribution in [0.25, 0.3) is 22.3 Å². The molecule has 0 saturated heterocycles. The molecule has 4 aromatic rings. The average molecular weight is 777 g/mol. The molecular weight excluding hydrogens is 753 g/mol. The Kier molecular flexibility index (Phi) is 8.65. The van der Waals surface area contributed by atoms with E-state index in [1.807, 2.05) is 54.7 Å². The van der Waals surface area contributed by atoms with Gasteiger partial charge in [-0.2, -0.15) is 21.0 Å². The van der Waals surface area contributed by atoms with Crippen LogP contribution in [0.2, 0.25) is 0 Å². The minimum atomic E-state index is -0.263. The molecule has 0 saturated carbocycles. The van der Waals surface area contributed by atoms with Crippen LogP contribution in [0.3, 0.4) is 0 Å². The summed E-state index contributed by atoms with van der Waals surface area (Å²) in [5, 5.41) is 82.8. The number of phenols is 4. The highest BCUT2D eigenvalue weighted by molar-refractivity contribution is 6.50. The summed E-state index contributed by atoms with van der Waals surface area (Å²) in [5.41, 5.74) is 7.25. The number of phenolic OH excluding ortho intramolecular Hbond substituents is 4. The molecule has 0 aromatic heterocycles. The number of hydrogen-bond donors (Lipinski definition) is 4. The van der Waals surface area contributed by atoms with Crippen LogP contribution in [0.15, 0.2) is 164 Å². The fourth-order valence-electron chi connectivity index (χ4n) is 7.34. The lowest BCUT2D eigenvalue weighted by molar-refractivity contribution is 0.473. The number of rotatable bonds is 4. The first-order chi connectivity index (χ1) is 29.1. The van der Waals surface area contributed by atoms with Gasteiger partial charge in [-0.05, 0) is 119 Å². The van der Waals surface area contributed by atoms with E-state index in [4.69, 9.17) is 20.0 Å². The molecule has 0 atom stereocenters. The summed E-state index contributed by atoms with van der Waals surface area (Å²) in [7, 11) is 0. The maximum absolute atomic E-state index is 10.7. The maximum atomic E-state index is 10.7. The van der Waals surface area contributed by atoms with Crippen LogP contribution >= 0.6 is 0 Å². The quantitative estimate of drug-likeness (QED) is 0.158. The van der Waals surface area contributed by atoms with Gasteiger partial charge >= 0.3 is 0 Å². The fourth-order valence-corrected chi connectivity index (χ4v) is 7.34. The lowest BCUT2D eigenvalue weighted by atomic mass is 9.84. The average Bonchev–Trinajstić information content (AvgIpc) is 4.07. The highest BCUT2D eigenvalue weighted by atomic mass is 16.3. The Morgan fingerprint density at radius 1 is 0.400 bits per heavy atom. The summed E-state index contributed by atoms with van der Waals surface area (Å²) in [6, 6.07) is 26.3. The minimum Gasteiger partial charge on any atom is -0.507 e. The van der Waals surface area contributed by atoms with Gasteiger partial charge in [-0.3, -0.25) is 0 Å². The van der Waals surface area contributed by atoms with Crippen LogP contribution in [0.5, 0.6) is 23.0 Å². The van der Waals surface area contributed by atoms with Crippen molar-refractivity contribution in [3.8, 4) is 47.3 Å². The third-order valence-electron chi connectivity index (χ3n) is 10.1. The zero-order chi connectivity index (χ0) is 41.7. The largest absolute Gasteiger partial charge is 0.507 e. The summed E-state index contributed by atoms with van der Waals surface area (Å²) >= 11 is 0. The Hall–Kier alpha value is -9.36. The van der Waals surface area contributed by atoms with Gasteiger partial charge in [0, 0.05) is 22.3 Å². The first-order valence-electron chi connectivity index (χ1n) is 18.2. The lowest BCUT2D eigenvalue weighted by Gasteiger charge is -2.18. The molecule has 280 valence electrons. The highest BCUT2D eigenvalue weighted by Crippen LogP contribution is 2.47. The van der Waals surface area contributed by atoms with Gasteiger partial charge in [-0.25, -0.2) is 20.0 Å². The van der Waals surface area contributed by atoms with E-state index >= 15 is 0 Å². The summed E-state index contributed by atoms with van der Waals surface area (Å²) in [6.07, 6.45) is 14.5. The van der Waals surface area contributed by atoms with E-state index < -0.39 is 0 Å². The van der Waals surface area contributed by atoms with Gasteiger partial charge < -0.3 is 20.4 Å². The third-order valence-corrected chi connectivity index (χ3v) is 10.1. The van der Waals surface area contributed by atoms with Crippen molar-refractivity contribution in [1.82, 2.24) is 0 Å². The van der Waals surface area contributed by atoms with Gasteiger partial charge in [-0.1, -0.05) is 24.3 Å².